The van der Waals surface area contributed by atoms with Gasteiger partial charge < -0.3 is 5.32 Å². The minimum absolute atomic E-state index is 0.299. The lowest BCUT2D eigenvalue weighted by Crippen LogP contribution is -2.44. The summed E-state index contributed by atoms with van der Waals surface area (Å²) in [6, 6.07) is 4.41. The minimum Gasteiger partial charge on any atom is -0.302 e. The molecule has 1 N–H and O–H groups in total. The number of aromatic nitrogens is 2. The molecule has 96 valence electrons. The second kappa shape index (κ2) is 6.17. The fourth-order valence-electron chi connectivity index (χ4n) is 2.67. The van der Waals surface area contributed by atoms with Gasteiger partial charge in [-0.3, -0.25) is 0 Å². The van der Waals surface area contributed by atoms with E-state index in [1.807, 2.05) is 13.1 Å². The lowest BCUT2D eigenvalue weighted by Gasteiger charge is -2.28. The maximum atomic E-state index is 9.36. The van der Waals surface area contributed by atoms with E-state index in [9.17, 15) is 5.26 Å². The van der Waals surface area contributed by atoms with Crippen LogP contribution in [0.5, 0.6) is 0 Å². The molecule has 1 aromatic rings. The van der Waals surface area contributed by atoms with E-state index in [-0.39, 0.29) is 5.54 Å². The van der Waals surface area contributed by atoms with E-state index in [4.69, 9.17) is 0 Å². The second-order valence-electron chi connectivity index (χ2n) is 4.61. The largest absolute Gasteiger partial charge is 0.302 e. The van der Waals surface area contributed by atoms with Gasteiger partial charge in [0.2, 0.25) is 0 Å². The van der Waals surface area contributed by atoms with Crippen LogP contribution in [0.15, 0.2) is 23.6 Å². The Balaban J connectivity index is 1.85. The molecule has 0 saturated heterocycles. The average molecular weight is 262 g/mol. The van der Waals surface area contributed by atoms with Crippen LogP contribution in [0.25, 0.3) is 0 Å². The molecule has 4 nitrogen and oxygen atoms in total. The predicted octanol–water partition coefficient (Wildman–Crippen LogP) is 2.24. The quantitative estimate of drug-likeness (QED) is 0.651. The SMILES string of the molecule is CNC1(C#N)CCCC1CCSc1ccncn1. The third-order valence-electron chi connectivity index (χ3n) is 3.74. The average Bonchev–Trinajstić information content (AvgIpc) is 2.84. The van der Waals surface area contributed by atoms with E-state index in [2.05, 4.69) is 21.4 Å². The van der Waals surface area contributed by atoms with Gasteiger partial charge in [-0.1, -0.05) is 6.42 Å². The van der Waals surface area contributed by atoms with Crippen molar-refractivity contribution in [1.82, 2.24) is 15.3 Å². The number of nitriles is 1. The van der Waals surface area contributed by atoms with E-state index in [0.29, 0.717) is 5.92 Å². The van der Waals surface area contributed by atoms with Crippen LogP contribution >= 0.6 is 11.8 Å². The van der Waals surface area contributed by atoms with Gasteiger partial charge in [0.25, 0.3) is 0 Å². The molecular weight excluding hydrogens is 244 g/mol. The van der Waals surface area contributed by atoms with Crippen molar-refractivity contribution in [2.24, 2.45) is 5.92 Å². The first-order valence-electron chi connectivity index (χ1n) is 6.30. The first kappa shape index (κ1) is 13.3. The summed E-state index contributed by atoms with van der Waals surface area (Å²) in [5, 5.41) is 13.6. The van der Waals surface area contributed by atoms with Crippen molar-refractivity contribution in [2.45, 2.75) is 36.2 Å². The van der Waals surface area contributed by atoms with E-state index in [1.165, 1.54) is 0 Å². The number of thioether (sulfide) groups is 1. The van der Waals surface area contributed by atoms with E-state index < -0.39 is 0 Å². The molecule has 2 unspecified atom stereocenters. The molecule has 1 aromatic heterocycles. The summed E-state index contributed by atoms with van der Waals surface area (Å²) in [5.74, 6) is 1.47. The summed E-state index contributed by atoms with van der Waals surface area (Å²) in [6.45, 7) is 0. The van der Waals surface area contributed by atoms with E-state index in [0.717, 1.165) is 36.5 Å². The molecule has 5 heteroatoms. The van der Waals surface area contributed by atoms with Crippen molar-refractivity contribution in [2.75, 3.05) is 12.8 Å². The number of nitrogens with one attached hydrogen (secondary N) is 1. The highest BCUT2D eigenvalue weighted by molar-refractivity contribution is 7.99. The van der Waals surface area contributed by atoms with Crippen molar-refractivity contribution in [3.8, 4) is 6.07 Å². The molecule has 1 fully saturated rings. The van der Waals surface area contributed by atoms with Crippen LogP contribution < -0.4 is 5.32 Å². The van der Waals surface area contributed by atoms with E-state index in [1.54, 1.807) is 24.3 Å². The molecule has 2 atom stereocenters. The van der Waals surface area contributed by atoms with Gasteiger partial charge in [-0.25, -0.2) is 9.97 Å². The molecule has 1 aliphatic carbocycles. The predicted molar refractivity (Wildman–Crippen MR) is 72.1 cm³/mol. The molecule has 0 amide bonds. The van der Waals surface area contributed by atoms with Crippen LogP contribution in [0.4, 0.5) is 0 Å². The van der Waals surface area contributed by atoms with Crippen molar-refractivity contribution in [1.29, 1.82) is 5.26 Å². The molecule has 1 aliphatic rings. The number of rotatable bonds is 5. The molecule has 0 aromatic carbocycles. The topological polar surface area (TPSA) is 61.6 Å². The standard InChI is InChI=1S/C13H18N4S/c1-15-13(9-14)6-2-3-11(13)5-8-18-12-4-7-16-10-17-12/h4,7,10-11,15H,2-3,5-6,8H2,1H3. The van der Waals surface area contributed by atoms with Crippen LogP contribution in [0.2, 0.25) is 0 Å². The Morgan fingerprint density at radius 1 is 1.67 bits per heavy atom. The smallest absolute Gasteiger partial charge is 0.116 e. The summed E-state index contributed by atoms with van der Waals surface area (Å²) >= 11 is 1.74. The molecule has 0 bridgehead atoms. The third-order valence-corrected chi connectivity index (χ3v) is 4.71. The Labute approximate surface area is 112 Å². The van der Waals surface area contributed by atoms with Crippen LogP contribution in [0, 0.1) is 17.2 Å². The molecule has 0 spiro atoms. The van der Waals surface area contributed by atoms with Crippen molar-refractivity contribution in [3.63, 3.8) is 0 Å². The summed E-state index contributed by atoms with van der Waals surface area (Å²) in [7, 11) is 1.90. The van der Waals surface area contributed by atoms with Crippen LogP contribution in [-0.2, 0) is 0 Å². The normalized spacial score (nSPS) is 27.0. The Hall–Kier alpha value is -1.12. The van der Waals surface area contributed by atoms with Crippen LogP contribution in [-0.4, -0.2) is 28.3 Å². The van der Waals surface area contributed by atoms with Gasteiger partial charge in [-0.2, -0.15) is 5.26 Å². The highest BCUT2D eigenvalue weighted by Crippen LogP contribution is 2.38. The molecule has 0 radical (unpaired) electrons. The van der Waals surface area contributed by atoms with Gasteiger partial charge in [-0.15, -0.1) is 11.8 Å². The van der Waals surface area contributed by atoms with Gasteiger partial charge in [0.05, 0.1) is 11.1 Å². The Morgan fingerprint density at radius 2 is 2.56 bits per heavy atom. The number of nitrogens with zero attached hydrogens (tertiary/aromatic N) is 3. The zero-order valence-corrected chi connectivity index (χ0v) is 11.4. The zero-order chi connectivity index (χ0) is 12.8. The first-order valence-corrected chi connectivity index (χ1v) is 7.28. The summed E-state index contributed by atoms with van der Waals surface area (Å²) < 4.78 is 0. The summed E-state index contributed by atoms with van der Waals surface area (Å²) in [6.07, 6.45) is 7.67. The molecule has 2 rings (SSSR count). The third kappa shape index (κ3) is 2.82. The zero-order valence-electron chi connectivity index (χ0n) is 10.6. The van der Waals surface area contributed by atoms with Crippen molar-refractivity contribution >= 4 is 11.8 Å². The molecule has 1 heterocycles. The molecule has 1 saturated carbocycles. The van der Waals surface area contributed by atoms with E-state index >= 15 is 0 Å². The number of hydrogen-bond donors (Lipinski definition) is 1. The van der Waals surface area contributed by atoms with Gasteiger partial charge in [0, 0.05) is 6.20 Å². The molecular formula is C13H18N4S. The maximum Gasteiger partial charge on any atom is 0.116 e. The summed E-state index contributed by atoms with van der Waals surface area (Å²) in [4.78, 5) is 8.09. The fraction of sp³-hybridized carbons (Fsp3) is 0.615. The lowest BCUT2D eigenvalue weighted by atomic mass is 9.87. The second-order valence-corrected chi connectivity index (χ2v) is 5.72. The summed E-state index contributed by atoms with van der Waals surface area (Å²) in [5.41, 5.74) is -0.299. The Bertz CT molecular complexity index is 417. The minimum atomic E-state index is -0.299. The van der Waals surface area contributed by atoms with Gasteiger partial charge in [0.1, 0.15) is 11.9 Å². The number of hydrogen-bond acceptors (Lipinski definition) is 5. The highest BCUT2D eigenvalue weighted by atomic mass is 32.2. The molecule has 0 aliphatic heterocycles. The van der Waals surface area contributed by atoms with Gasteiger partial charge in [-0.05, 0) is 44.0 Å². The lowest BCUT2D eigenvalue weighted by molar-refractivity contribution is 0.332. The maximum absolute atomic E-state index is 9.36. The monoisotopic (exact) mass is 262 g/mol. The molecule has 18 heavy (non-hydrogen) atoms. The Morgan fingerprint density at radius 3 is 3.22 bits per heavy atom. The van der Waals surface area contributed by atoms with Crippen molar-refractivity contribution < 1.29 is 0 Å². The van der Waals surface area contributed by atoms with Gasteiger partial charge in [0.15, 0.2) is 0 Å². The van der Waals surface area contributed by atoms with Crippen LogP contribution in [0.1, 0.15) is 25.7 Å². The Kier molecular flexibility index (Phi) is 4.56. The fourth-order valence-corrected chi connectivity index (χ4v) is 3.56. The van der Waals surface area contributed by atoms with Gasteiger partial charge >= 0.3 is 0 Å². The highest BCUT2D eigenvalue weighted by Gasteiger charge is 2.41. The van der Waals surface area contributed by atoms with Crippen LogP contribution in [0.3, 0.4) is 0 Å². The first-order chi connectivity index (χ1) is 8.80. The van der Waals surface area contributed by atoms with Crippen molar-refractivity contribution in [3.05, 3.63) is 18.6 Å².